The molecule has 0 amide bonds. The number of benzene rings is 1. The van der Waals surface area contributed by atoms with Crippen LogP contribution in [0.25, 0.3) is 11.0 Å². The maximum Gasteiger partial charge on any atom is 0.134 e. The second-order valence-electron chi connectivity index (χ2n) is 4.25. The average Bonchev–Trinajstić information content (AvgIpc) is 2.96. The van der Waals surface area contributed by atoms with E-state index in [1.165, 1.54) is 12.1 Å². The molecule has 2 aromatic heterocycles. The monoisotopic (exact) mass is 261 g/mol. The first-order chi connectivity index (χ1) is 9.17. The van der Waals surface area contributed by atoms with Crippen molar-refractivity contribution in [3.05, 3.63) is 47.7 Å². The van der Waals surface area contributed by atoms with Gasteiger partial charge in [-0.2, -0.15) is 0 Å². The quantitative estimate of drug-likeness (QED) is 0.548. The Balaban J connectivity index is 2.06. The van der Waals surface area contributed by atoms with Gasteiger partial charge in [0.15, 0.2) is 0 Å². The summed E-state index contributed by atoms with van der Waals surface area (Å²) >= 11 is 0. The molecule has 3 N–H and O–H groups in total. The van der Waals surface area contributed by atoms with E-state index in [9.17, 15) is 4.39 Å². The van der Waals surface area contributed by atoms with Crippen molar-refractivity contribution in [2.24, 2.45) is 12.9 Å². The second-order valence-corrected chi connectivity index (χ2v) is 4.25. The van der Waals surface area contributed by atoms with E-state index in [0.29, 0.717) is 22.4 Å². The number of fused-ring (bicyclic) bond motifs is 1. The Morgan fingerprint density at radius 1 is 1.42 bits per heavy atom. The maximum atomic E-state index is 13.1. The zero-order valence-electron chi connectivity index (χ0n) is 10.2. The average molecular weight is 261 g/mol. The Hall–Kier alpha value is -2.25. The Morgan fingerprint density at radius 3 is 2.95 bits per heavy atom. The van der Waals surface area contributed by atoms with E-state index < -0.39 is 6.04 Å². The van der Waals surface area contributed by atoms with Crippen molar-refractivity contribution in [3.63, 3.8) is 0 Å². The van der Waals surface area contributed by atoms with Crippen LogP contribution in [0.15, 0.2) is 34.9 Å². The van der Waals surface area contributed by atoms with Gasteiger partial charge in [0, 0.05) is 12.4 Å². The molecule has 0 aliphatic heterocycles. The van der Waals surface area contributed by atoms with Crippen molar-refractivity contribution in [1.82, 2.24) is 20.4 Å². The van der Waals surface area contributed by atoms with E-state index in [0.717, 1.165) is 0 Å². The fourth-order valence-corrected chi connectivity index (χ4v) is 1.99. The molecule has 0 bridgehead atoms. The molecule has 0 aliphatic carbocycles. The topological polar surface area (TPSA) is 81.9 Å². The molecule has 1 atom stereocenters. The van der Waals surface area contributed by atoms with Crippen LogP contribution >= 0.6 is 0 Å². The molecule has 0 saturated heterocycles. The first-order valence-corrected chi connectivity index (χ1v) is 5.69. The van der Waals surface area contributed by atoms with Gasteiger partial charge in [-0.3, -0.25) is 10.5 Å². The van der Waals surface area contributed by atoms with E-state index in [1.807, 2.05) is 0 Å². The second kappa shape index (κ2) is 4.45. The van der Waals surface area contributed by atoms with Crippen molar-refractivity contribution in [1.29, 1.82) is 0 Å². The molecule has 2 heterocycles. The molecule has 0 spiro atoms. The lowest BCUT2D eigenvalue weighted by molar-refractivity contribution is 0.470. The third-order valence-corrected chi connectivity index (χ3v) is 2.86. The molecule has 1 unspecified atom stereocenters. The Labute approximate surface area is 108 Å². The van der Waals surface area contributed by atoms with Crippen LogP contribution in [0.3, 0.4) is 0 Å². The molecule has 0 aliphatic rings. The van der Waals surface area contributed by atoms with Crippen molar-refractivity contribution in [2.45, 2.75) is 6.04 Å². The molecule has 7 heteroatoms. The third-order valence-electron chi connectivity index (χ3n) is 2.86. The van der Waals surface area contributed by atoms with Crippen molar-refractivity contribution in [2.75, 3.05) is 0 Å². The van der Waals surface area contributed by atoms with Crippen molar-refractivity contribution < 1.29 is 8.81 Å². The van der Waals surface area contributed by atoms with Crippen LogP contribution in [-0.2, 0) is 7.05 Å². The van der Waals surface area contributed by atoms with Crippen LogP contribution in [0.5, 0.6) is 0 Å². The number of aryl methyl sites for hydroxylation is 1. The summed E-state index contributed by atoms with van der Waals surface area (Å²) in [5.74, 6) is 5.79. The summed E-state index contributed by atoms with van der Waals surface area (Å²) in [6.07, 6.45) is 1.73. The summed E-state index contributed by atoms with van der Waals surface area (Å²) in [4.78, 5) is 0. The van der Waals surface area contributed by atoms with E-state index in [2.05, 4.69) is 15.7 Å². The Kier molecular flexibility index (Phi) is 2.77. The number of nitrogens with zero attached hydrogens (tertiary/aromatic N) is 3. The minimum Gasteiger partial charge on any atom is -0.459 e. The highest BCUT2D eigenvalue weighted by Crippen LogP contribution is 2.27. The molecule has 3 aromatic rings. The smallest absolute Gasteiger partial charge is 0.134 e. The summed E-state index contributed by atoms with van der Waals surface area (Å²) in [5.41, 5.74) is 3.85. The summed E-state index contributed by atoms with van der Waals surface area (Å²) < 4.78 is 20.4. The number of nitrogens with one attached hydrogen (secondary N) is 1. The molecule has 6 nitrogen and oxygen atoms in total. The number of halogens is 1. The molecule has 0 radical (unpaired) electrons. The maximum absolute atomic E-state index is 13.1. The Bertz CT molecular complexity index is 720. The van der Waals surface area contributed by atoms with Gasteiger partial charge >= 0.3 is 0 Å². The predicted molar refractivity (Wildman–Crippen MR) is 66.3 cm³/mol. The molecule has 0 saturated carbocycles. The minimum atomic E-state index is -0.427. The standard InChI is InChI=1S/C12H12FN5O/c1-18-6-9(16-17-18)12(15-14)11-5-7-4-8(13)2-3-10(7)19-11/h2-6,12,15H,14H2,1H3. The normalized spacial score (nSPS) is 13.0. The largest absolute Gasteiger partial charge is 0.459 e. The lowest BCUT2D eigenvalue weighted by Crippen LogP contribution is -2.28. The van der Waals surface area contributed by atoms with E-state index in [4.69, 9.17) is 10.3 Å². The van der Waals surface area contributed by atoms with E-state index in [-0.39, 0.29) is 5.82 Å². The van der Waals surface area contributed by atoms with E-state index >= 15 is 0 Å². The molecule has 19 heavy (non-hydrogen) atoms. The lowest BCUT2D eigenvalue weighted by Gasteiger charge is -2.08. The zero-order chi connectivity index (χ0) is 13.4. The molecular formula is C12H12FN5O. The fourth-order valence-electron chi connectivity index (χ4n) is 1.99. The van der Waals surface area contributed by atoms with Gasteiger partial charge in [-0.05, 0) is 24.3 Å². The van der Waals surface area contributed by atoms with E-state index in [1.54, 1.807) is 30.1 Å². The number of rotatable bonds is 3. The fraction of sp³-hybridized carbons (Fsp3) is 0.167. The highest BCUT2D eigenvalue weighted by molar-refractivity contribution is 5.78. The Morgan fingerprint density at radius 2 is 2.26 bits per heavy atom. The molecule has 98 valence electrons. The number of hydrogen-bond donors (Lipinski definition) is 2. The highest BCUT2D eigenvalue weighted by atomic mass is 19.1. The summed E-state index contributed by atoms with van der Waals surface area (Å²) in [6, 6.07) is 5.65. The minimum absolute atomic E-state index is 0.309. The van der Waals surface area contributed by atoms with Crippen molar-refractivity contribution >= 4 is 11.0 Å². The number of nitrogens with two attached hydrogens (primary N) is 1. The van der Waals surface area contributed by atoms with Crippen LogP contribution in [0.2, 0.25) is 0 Å². The van der Waals surface area contributed by atoms with Crippen molar-refractivity contribution in [3.8, 4) is 0 Å². The van der Waals surface area contributed by atoms with Gasteiger partial charge in [0.1, 0.15) is 28.9 Å². The SMILES string of the molecule is Cn1cc(C(NN)c2cc3cc(F)ccc3o2)nn1. The number of hydrazine groups is 1. The first-order valence-electron chi connectivity index (χ1n) is 5.69. The van der Waals surface area contributed by atoms with Gasteiger partial charge < -0.3 is 4.42 Å². The number of aromatic nitrogens is 3. The van der Waals surface area contributed by atoms with Gasteiger partial charge in [-0.1, -0.05) is 5.21 Å². The summed E-state index contributed by atoms with van der Waals surface area (Å²) in [7, 11) is 1.76. The number of hydrogen-bond acceptors (Lipinski definition) is 5. The molecule has 1 aromatic carbocycles. The van der Waals surface area contributed by atoms with Gasteiger partial charge in [0.25, 0.3) is 0 Å². The first kappa shape index (κ1) is 11.8. The van der Waals surface area contributed by atoms with Crippen LogP contribution in [-0.4, -0.2) is 15.0 Å². The summed E-state index contributed by atoms with van der Waals surface area (Å²) in [6.45, 7) is 0. The van der Waals surface area contributed by atoms with Gasteiger partial charge in [0.05, 0.1) is 6.20 Å². The van der Waals surface area contributed by atoms with Crippen LogP contribution in [0.1, 0.15) is 17.5 Å². The zero-order valence-corrected chi connectivity index (χ0v) is 10.2. The number of furan rings is 1. The van der Waals surface area contributed by atoms with Gasteiger partial charge in [-0.15, -0.1) is 5.10 Å². The van der Waals surface area contributed by atoms with Gasteiger partial charge in [-0.25, -0.2) is 9.82 Å². The summed E-state index contributed by atoms with van der Waals surface area (Å²) in [5, 5.41) is 8.52. The van der Waals surface area contributed by atoms with Crippen LogP contribution < -0.4 is 11.3 Å². The lowest BCUT2D eigenvalue weighted by atomic mass is 10.1. The molecule has 0 fully saturated rings. The third kappa shape index (κ3) is 2.09. The van der Waals surface area contributed by atoms with Crippen LogP contribution in [0.4, 0.5) is 4.39 Å². The highest BCUT2D eigenvalue weighted by Gasteiger charge is 2.20. The molecule has 3 rings (SSSR count). The van der Waals surface area contributed by atoms with Crippen LogP contribution in [0, 0.1) is 5.82 Å². The predicted octanol–water partition coefficient (Wildman–Crippen LogP) is 1.25. The molecular weight excluding hydrogens is 249 g/mol. The van der Waals surface area contributed by atoms with Gasteiger partial charge in [0.2, 0.25) is 0 Å².